The van der Waals surface area contributed by atoms with Crippen molar-refractivity contribution in [1.29, 1.82) is 0 Å². The molecule has 2 aromatic rings. The summed E-state index contributed by atoms with van der Waals surface area (Å²) in [4.78, 5) is 2.47. The Balaban J connectivity index is 1.38. The van der Waals surface area contributed by atoms with Crippen molar-refractivity contribution in [2.45, 2.75) is 32.9 Å². The molecule has 2 N–H and O–H groups in total. The second-order valence-electron chi connectivity index (χ2n) is 9.10. The minimum Gasteiger partial charge on any atom is -0.450 e. The summed E-state index contributed by atoms with van der Waals surface area (Å²) in [6.07, 6.45) is 6.56. The summed E-state index contributed by atoms with van der Waals surface area (Å²) in [6.45, 7) is 7.66. The molecule has 0 amide bonds. The van der Waals surface area contributed by atoms with Crippen LogP contribution in [0.2, 0.25) is 0 Å². The van der Waals surface area contributed by atoms with Crippen LogP contribution < -0.4 is 5.43 Å². The number of allylic oxidation sites excluding steroid dienone is 3. The average molecular weight is 408 g/mol. The second-order valence-corrected chi connectivity index (χ2v) is 9.10. The van der Waals surface area contributed by atoms with E-state index in [-0.39, 0.29) is 6.23 Å². The number of nitrogens with zero attached hydrogens (tertiary/aromatic N) is 4. The van der Waals surface area contributed by atoms with Gasteiger partial charge in [0, 0.05) is 36.4 Å². The summed E-state index contributed by atoms with van der Waals surface area (Å²) in [5.41, 5.74) is 8.74. The summed E-state index contributed by atoms with van der Waals surface area (Å²) >= 11 is 0. The molecule has 7 heteroatoms. The van der Waals surface area contributed by atoms with Crippen molar-refractivity contribution in [3.63, 3.8) is 0 Å². The van der Waals surface area contributed by atoms with E-state index in [1.807, 2.05) is 0 Å². The van der Waals surface area contributed by atoms with Gasteiger partial charge in [0.05, 0.1) is 25.2 Å². The molecule has 7 nitrogen and oxygen atoms in total. The van der Waals surface area contributed by atoms with Crippen LogP contribution in [0.3, 0.4) is 0 Å². The Labute approximate surface area is 177 Å². The molecule has 30 heavy (non-hydrogen) atoms. The van der Waals surface area contributed by atoms with Gasteiger partial charge in [0.25, 0.3) is 0 Å². The number of hydrogen-bond acceptors (Lipinski definition) is 5. The number of quaternary nitrogens is 1. The van der Waals surface area contributed by atoms with Gasteiger partial charge in [0.2, 0.25) is 12.1 Å². The minimum atomic E-state index is -0.244. The normalized spacial score (nSPS) is 26.2. The number of nitrogens with one attached hydrogen (secondary N) is 2. The predicted molar refractivity (Wildman–Crippen MR) is 119 cm³/mol. The van der Waals surface area contributed by atoms with Crippen LogP contribution in [0.1, 0.15) is 44.2 Å². The lowest BCUT2D eigenvalue weighted by Crippen LogP contribution is -2.38. The standard InChI is InChI=1S/C23H31N6O/c1-5-28-10-6-7-17(13-28)23-27-26-22(30-23)16-8-9-20-19(12-16)21(25-24-20)18-11-15(2)29(3,4)14-18/h8-9,11-12,14,17,22,26H,5-7,10,13H2,1-4H3,(H,24,25)/q+1. The van der Waals surface area contributed by atoms with Crippen LogP contribution in [0, 0.1) is 5.92 Å². The number of likely N-dealkylation sites (tertiary alicyclic amines) is 1. The molecule has 0 aliphatic carbocycles. The van der Waals surface area contributed by atoms with Crippen molar-refractivity contribution in [2.24, 2.45) is 11.0 Å². The Hall–Kier alpha value is -2.64. The lowest BCUT2D eigenvalue weighted by Gasteiger charge is -2.31. The highest BCUT2D eigenvalue weighted by molar-refractivity contribution is 5.93. The van der Waals surface area contributed by atoms with Gasteiger partial charge >= 0.3 is 0 Å². The van der Waals surface area contributed by atoms with Crippen molar-refractivity contribution in [1.82, 2.24) is 20.5 Å². The van der Waals surface area contributed by atoms with Crippen molar-refractivity contribution < 1.29 is 9.22 Å². The summed E-state index contributed by atoms with van der Waals surface area (Å²) < 4.78 is 7.03. The van der Waals surface area contributed by atoms with Crippen LogP contribution in [-0.2, 0) is 4.74 Å². The number of benzene rings is 1. The van der Waals surface area contributed by atoms with Gasteiger partial charge in [0.15, 0.2) is 0 Å². The average Bonchev–Trinajstić information content (AvgIpc) is 3.45. The fourth-order valence-corrected chi connectivity index (χ4v) is 4.59. The highest BCUT2D eigenvalue weighted by Gasteiger charge is 2.31. The van der Waals surface area contributed by atoms with Gasteiger partial charge in [-0.25, -0.2) is 0 Å². The van der Waals surface area contributed by atoms with Crippen LogP contribution in [-0.4, -0.2) is 59.2 Å². The SMILES string of the molecule is CCN1CCCC(C2=NNC(c3ccc4[nH]nc(C5=C[N+](C)(C)C(C)=C5)c4c3)O2)C1. The first-order valence-corrected chi connectivity index (χ1v) is 10.9. The fraction of sp³-hybridized carbons (Fsp3) is 0.478. The Morgan fingerprint density at radius 2 is 2.17 bits per heavy atom. The topological polar surface area (TPSA) is 65.5 Å². The molecule has 0 saturated carbocycles. The van der Waals surface area contributed by atoms with E-state index >= 15 is 0 Å². The minimum absolute atomic E-state index is 0.244. The Kier molecular flexibility index (Phi) is 4.67. The second kappa shape index (κ2) is 7.25. The molecule has 0 spiro atoms. The molecule has 5 rings (SSSR count). The van der Waals surface area contributed by atoms with Gasteiger partial charge in [-0.2, -0.15) is 5.10 Å². The van der Waals surface area contributed by atoms with E-state index in [0.717, 1.165) is 57.6 Å². The van der Waals surface area contributed by atoms with E-state index < -0.39 is 0 Å². The first kappa shape index (κ1) is 19.3. The smallest absolute Gasteiger partial charge is 0.212 e. The largest absolute Gasteiger partial charge is 0.450 e. The predicted octanol–water partition coefficient (Wildman–Crippen LogP) is 3.56. The summed E-state index contributed by atoms with van der Waals surface area (Å²) in [5, 5.41) is 13.4. The van der Waals surface area contributed by atoms with Crippen molar-refractivity contribution in [3.05, 3.63) is 47.4 Å². The Bertz CT molecular complexity index is 1060. The fourth-order valence-electron chi connectivity index (χ4n) is 4.59. The zero-order valence-electron chi connectivity index (χ0n) is 18.3. The quantitative estimate of drug-likeness (QED) is 0.761. The maximum absolute atomic E-state index is 6.27. The summed E-state index contributed by atoms with van der Waals surface area (Å²) in [7, 11) is 4.36. The highest BCUT2D eigenvalue weighted by atomic mass is 16.5. The molecule has 1 fully saturated rings. The monoisotopic (exact) mass is 407 g/mol. The first-order valence-electron chi connectivity index (χ1n) is 10.9. The number of aromatic amines is 1. The number of H-pyrrole nitrogens is 1. The number of hydrogen-bond donors (Lipinski definition) is 2. The third-order valence-corrected chi connectivity index (χ3v) is 6.73. The Morgan fingerprint density at radius 3 is 2.93 bits per heavy atom. The molecule has 1 aromatic heterocycles. The van der Waals surface area contributed by atoms with Crippen LogP contribution >= 0.6 is 0 Å². The number of aromatic nitrogens is 2. The number of piperidine rings is 1. The molecular formula is C23H31N6O+. The molecule has 0 radical (unpaired) electrons. The van der Waals surface area contributed by atoms with Crippen LogP contribution in [0.5, 0.6) is 0 Å². The lowest BCUT2D eigenvalue weighted by molar-refractivity contribution is -0.795. The van der Waals surface area contributed by atoms with Gasteiger partial charge in [-0.1, -0.05) is 13.0 Å². The molecule has 2 atom stereocenters. The van der Waals surface area contributed by atoms with Gasteiger partial charge in [0.1, 0.15) is 17.6 Å². The van der Waals surface area contributed by atoms with E-state index in [2.05, 4.69) is 84.0 Å². The van der Waals surface area contributed by atoms with E-state index in [9.17, 15) is 0 Å². The molecule has 2 unspecified atom stereocenters. The van der Waals surface area contributed by atoms with Crippen molar-refractivity contribution in [2.75, 3.05) is 33.7 Å². The van der Waals surface area contributed by atoms with Gasteiger partial charge in [-0.15, -0.1) is 5.10 Å². The summed E-state index contributed by atoms with van der Waals surface area (Å²) in [6, 6.07) is 6.34. The number of rotatable bonds is 4. The highest BCUT2D eigenvalue weighted by Crippen LogP contribution is 2.34. The summed E-state index contributed by atoms with van der Waals surface area (Å²) in [5.74, 6) is 1.22. The Morgan fingerprint density at radius 1 is 1.30 bits per heavy atom. The molecule has 1 aromatic carbocycles. The maximum atomic E-state index is 6.27. The van der Waals surface area contributed by atoms with E-state index in [1.54, 1.807) is 0 Å². The molecular weight excluding hydrogens is 376 g/mol. The zero-order chi connectivity index (χ0) is 20.9. The van der Waals surface area contributed by atoms with Crippen LogP contribution in [0.4, 0.5) is 0 Å². The van der Waals surface area contributed by atoms with Crippen LogP contribution in [0.15, 0.2) is 41.3 Å². The molecule has 4 heterocycles. The number of ether oxygens (including phenoxy) is 1. The van der Waals surface area contributed by atoms with Gasteiger partial charge < -0.3 is 9.64 Å². The van der Waals surface area contributed by atoms with Gasteiger partial charge in [-0.3, -0.25) is 15.0 Å². The van der Waals surface area contributed by atoms with E-state index in [0.29, 0.717) is 5.92 Å². The zero-order valence-corrected chi connectivity index (χ0v) is 18.3. The molecule has 3 aliphatic rings. The maximum Gasteiger partial charge on any atom is 0.212 e. The van der Waals surface area contributed by atoms with Crippen LogP contribution in [0.25, 0.3) is 16.5 Å². The molecule has 158 valence electrons. The van der Waals surface area contributed by atoms with E-state index in [1.165, 1.54) is 18.7 Å². The van der Waals surface area contributed by atoms with Gasteiger partial charge in [-0.05, 0) is 38.1 Å². The lowest BCUT2D eigenvalue weighted by atomic mass is 9.98. The van der Waals surface area contributed by atoms with Crippen molar-refractivity contribution >= 4 is 22.4 Å². The third-order valence-electron chi connectivity index (χ3n) is 6.73. The number of fused-ring (bicyclic) bond motifs is 1. The molecule has 0 bridgehead atoms. The third kappa shape index (κ3) is 3.32. The van der Waals surface area contributed by atoms with Crippen molar-refractivity contribution in [3.8, 4) is 0 Å². The van der Waals surface area contributed by atoms with E-state index in [4.69, 9.17) is 4.74 Å². The number of hydrazone groups is 1. The molecule has 3 aliphatic heterocycles. The molecule has 1 saturated heterocycles. The first-order chi connectivity index (χ1) is 14.4.